The molecule has 22 heavy (non-hydrogen) atoms. The molecule has 0 radical (unpaired) electrons. The van der Waals surface area contributed by atoms with Gasteiger partial charge in [-0.2, -0.15) is 0 Å². The van der Waals surface area contributed by atoms with Crippen molar-refractivity contribution in [2.75, 3.05) is 40.4 Å². The summed E-state index contributed by atoms with van der Waals surface area (Å²) in [6.07, 6.45) is 2.30. The number of hydrogen-bond donors (Lipinski definition) is 1. The van der Waals surface area contributed by atoms with Gasteiger partial charge in [-0.1, -0.05) is 25.5 Å². The summed E-state index contributed by atoms with van der Waals surface area (Å²) in [5, 5.41) is 3.42. The summed E-state index contributed by atoms with van der Waals surface area (Å²) in [6.45, 7) is 6.54. The van der Waals surface area contributed by atoms with Crippen molar-refractivity contribution < 1.29 is 9.47 Å². The van der Waals surface area contributed by atoms with Crippen LogP contribution in [-0.2, 0) is 0 Å². The predicted molar refractivity (Wildman–Crippen MR) is 96.1 cm³/mol. The van der Waals surface area contributed by atoms with Crippen molar-refractivity contribution in [3.8, 4) is 11.5 Å². The molecule has 128 valence electrons. The van der Waals surface area contributed by atoms with Gasteiger partial charge in [0.15, 0.2) is 11.5 Å². The Labute approximate surface area is 146 Å². The molecule has 0 unspecified atom stereocenters. The van der Waals surface area contributed by atoms with E-state index in [4.69, 9.17) is 9.47 Å². The number of nitrogens with one attached hydrogen (secondary N) is 1. The lowest BCUT2D eigenvalue weighted by molar-refractivity contribution is 0.161. The fraction of sp³-hybridized carbons (Fsp3) is 0.625. The van der Waals surface area contributed by atoms with E-state index in [1.165, 1.54) is 5.56 Å². The quantitative estimate of drug-likeness (QED) is 0.853. The second-order valence-electron chi connectivity index (χ2n) is 5.17. The number of nitrogens with zero attached hydrogens (tertiary/aromatic N) is 1. The standard InChI is InChI=1S/C16H26N2O2.2ClH/c1-4-6-14(18-11-9-17-10-12-18)13-7-5-8-15(19-2)16(13)20-3;;/h5,7-8,14,17H,4,6,9-12H2,1-3H3;2*1H/t14-;;/m1../s1. The first-order valence-electron chi connectivity index (χ1n) is 7.47. The van der Waals surface area contributed by atoms with Gasteiger partial charge >= 0.3 is 0 Å². The van der Waals surface area contributed by atoms with Gasteiger partial charge in [0, 0.05) is 37.8 Å². The van der Waals surface area contributed by atoms with Gasteiger partial charge in [0.25, 0.3) is 0 Å². The first kappa shape index (κ1) is 21.3. The van der Waals surface area contributed by atoms with Crippen LogP contribution in [0.4, 0.5) is 0 Å². The number of piperazine rings is 1. The van der Waals surface area contributed by atoms with Gasteiger partial charge in [0.1, 0.15) is 0 Å². The maximum absolute atomic E-state index is 5.62. The summed E-state index contributed by atoms with van der Waals surface area (Å²) >= 11 is 0. The van der Waals surface area contributed by atoms with Crippen LogP contribution < -0.4 is 14.8 Å². The van der Waals surface area contributed by atoms with Gasteiger partial charge in [-0.25, -0.2) is 0 Å². The number of halogens is 2. The summed E-state index contributed by atoms with van der Waals surface area (Å²) in [7, 11) is 3.42. The van der Waals surface area contributed by atoms with Gasteiger partial charge in [0.2, 0.25) is 0 Å². The molecule has 0 spiro atoms. The number of methoxy groups -OCH3 is 2. The molecule has 6 heteroatoms. The Morgan fingerprint density at radius 3 is 2.36 bits per heavy atom. The lowest BCUT2D eigenvalue weighted by Gasteiger charge is -2.36. The number of hydrogen-bond acceptors (Lipinski definition) is 4. The summed E-state index contributed by atoms with van der Waals surface area (Å²) in [5.41, 5.74) is 1.25. The topological polar surface area (TPSA) is 33.7 Å². The lowest BCUT2D eigenvalue weighted by Crippen LogP contribution is -2.45. The third-order valence-electron chi connectivity index (χ3n) is 3.95. The van der Waals surface area contributed by atoms with Crippen LogP contribution in [-0.4, -0.2) is 45.3 Å². The molecule has 0 aromatic heterocycles. The van der Waals surface area contributed by atoms with Crippen molar-refractivity contribution in [2.24, 2.45) is 0 Å². The van der Waals surface area contributed by atoms with Gasteiger partial charge in [-0.15, -0.1) is 24.8 Å². The third-order valence-corrected chi connectivity index (χ3v) is 3.95. The fourth-order valence-corrected chi connectivity index (χ4v) is 2.98. The molecular weight excluding hydrogens is 323 g/mol. The Hall–Kier alpha value is -0.680. The highest BCUT2D eigenvalue weighted by atomic mass is 35.5. The van der Waals surface area contributed by atoms with E-state index in [1.807, 2.05) is 6.07 Å². The zero-order valence-electron chi connectivity index (χ0n) is 13.6. The van der Waals surface area contributed by atoms with Crippen molar-refractivity contribution >= 4 is 24.8 Å². The molecule has 4 nitrogen and oxygen atoms in total. The summed E-state index contributed by atoms with van der Waals surface area (Å²) < 4.78 is 11.1. The molecule has 0 aliphatic carbocycles. The molecule has 2 rings (SSSR count). The lowest BCUT2D eigenvalue weighted by atomic mass is 9.98. The minimum atomic E-state index is 0. The van der Waals surface area contributed by atoms with Crippen LogP contribution in [0.15, 0.2) is 18.2 Å². The van der Waals surface area contributed by atoms with Crippen LogP contribution in [0.25, 0.3) is 0 Å². The molecule has 1 aromatic rings. The zero-order valence-corrected chi connectivity index (χ0v) is 15.3. The number of ether oxygens (including phenoxy) is 2. The highest BCUT2D eigenvalue weighted by Gasteiger charge is 2.25. The molecular formula is C16H28Cl2N2O2. The van der Waals surface area contributed by atoms with Crippen LogP contribution in [0.2, 0.25) is 0 Å². The van der Waals surface area contributed by atoms with E-state index in [0.29, 0.717) is 6.04 Å². The van der Waals surface area contributed by atoms with E-state index < -0.39 is 0 Å². The van der Waals surface area contributed by atoms with Gasteiger partial charge in [-0.3, -0.25) is 4.90 Å². The van der Waals surface area contributed by atoms with Crippen LogP contribution in [0.3, 0.4) is 0 Å². The normalized spacial score (nSPS) is 16.1. The predicted octanol–water partition coefficient (Wildman–Crippen LogP) is 3.29. The largest absolute Gasteiger partial charge is 0.493 e. The average Bonchev–Trinajstić information content (AvgIpc) is 2.52. The van der Waals surface area contributed by atoms with E-state index in [0.717, 1.165) is 50.5 Å². The highest BCUT2D eigenvalue weighted by Crippen LogP contribution is 2.38. The smallest absolute Gasteiger partial charge is 0.165 e. The Morgan fingerprint density at radius 1 is 1.14 bits per heavy atom. The molecule has 1 N–H and O–H groups in total. The van der Waals surface area contributed by atoms with Crippen molar-refractivity contribution in [3.63, 3.8) is 0 Å². The minimum absolute atomic E-state index is 0. The van der Waals surface area contributed by atoms with Crippen molar-refractivity contribution in [1.29, 1.82) is 0 Å². The average molecular weight is 351 g/mol. The summed E-state index contributed by atoms with van der Waals surface area (Å²) in [6, 6.07) is 6.60. The molecule has 0 bridgehead atoms. The molecule has 0 amide bonds. The Bertz CT molecular complexity index is 427. The monoisotopic (exact) mass is 350 g/mol. The van der Waals surface area contributed by atoms with E-state index in [2.05, 4.69) is 29.3 Å². The van der Waals surface area contributed by atoms with E-state index >= 15 is 0 Å². The summed E-state index contributed by atoms with van der Waals surface area (Å²) in [4.78, 5) is 2.55. The molecule has 1 heterocycles. The number of rotatable bonds is 6. The maximum Gasteiger partial charge on any atom is 0.165 e. The van der Waals surface area contributed by atoms with Crippen LogP contribution >= 0.6 is 24.8 Å². The fourth-order valence-electron chi connectivity index (χ4n) is 2.98. The van der Waals surface area contributed by atoms with Crippen LogP contribution in [0.1, 0.15) is 31.4 Å². The Kier molecular flexibility index (Phi) is 10.6. The van der Waals surface area contributed by atoms with E-state index in [-0.39, 0.29) is 24.8 Å². The SMILES string of the molecule is CCC[C@H](c1cccc(OC)c1OC)N1CCNCC1.Cl.Cl. The summed E-state index contributed by atoms with van der Waals surface area (Å²) in [5.74, 6) is 1.70. The molecule has 1 fully saturated rings. The molecule has 0 saturated carbocycles. The second-order valence-corrected chi connectivity index (χ2v) is 5.17. The number of para-hydroxylation sites is 1. The van der Waals surface area contributed by atoms with Crippen molar-refractivity contribution in [2.45, 2.75) is 25.8 Å². The second kappa shape index (κ2) is 10.9. The number of benzene rings is 1. The van der Waals surface area contributed by atoms with Crippen LogP contribution in [0, 0.1) is 0 Å². The molecule has 1 aliphatic heterocycles. The molecule has 1 atom stereocenters. The Balaban J connectivity index is 0.00000220. The highest BCUT2D eigenvalue weighted by molar-refractivity contribution is 5.85. The molecule has 1 saturated heterocycles. The van der Waals surface area contributed by atoms with Crippen LogP contribution in [0.5, 0.6) is 11.5 Å². The van der Waals surface area contributed by atoms with E-state index in [9.17, 15) is 0 Å². The van der Waals surface area contributed by atoms with Gasteiger partial charge in [0.05, 0.1) is 14.2 Å². The third kappa shape index (κ3) is 4.92. The van der Waals surface area contributed by atoms with Crippen molar-refractivity contribution in [1.82, 2.24) is 10.2 Å². The minimum Gasteiger partial charge on any atom is -0.493 e. The van der Waals surface area contributed by atoms with E-state index in [1.54, 1.807) is 14.2 Å². The molecule has 1 aliphatic rings. The first-order valence-corrected chi connectivity index (χ1v) is 7.47. The van der Waals surface area contributed by atoms with Crippen molar-refractivity contribution in [3.05, 3.63) is 23.8 Å². The maximum atomic E-state index is 5.62. The first-order chi connectivity index (χ1) is 9.81. The Morgan fingerprint density at radius 2 is 1.82 bits per heavy atom. The molecule has 1 aromatic carbocycles. The van der Waals surface area contributed by atoms with Gasteiger partial charge < -0.3 is 14.8 Å². The zero-order chi connectivity index (χ0) is 14.4. The van der Waals surface area contributed by atoms with Gasteiger partial charge in [-0.05, 0) is 12.5 Å².